The van der Waals surface area contributed by atoms with E-state index in [0.717, 1.165) is 21.8 Å². The molecule has 1 aromatic rings. The quantitative estimate of drug-likeness (QED) is 0.592. The van der Waals surface area contributed by atoms with Crippen molar-refractivity contribution in [3.63, 3.8) is 0 Å². The van der Waals surface area contributed by atoms with Crippen LogP contribution in [-0.4, -0.2) is 47.2 Å². The highest BCUT2D eigenvalue weighted by atomic mass is 16.7. The molecule has 0 atom stereocenters. The maximum absolute atomic E-state index is 12.8. The summed E-state index contributed by atoms with van der Waals surface area (Å²) in [6, 6.07) is 3.40. The van der Waals surface area contributed by atoms with Crippen molar-refractivity contribution >= 4 is 18.0 Å². The van der Waals surface area contributed by atoms with Crippen molar-refractivity contribution in [1.29, 1.82) is 0 Å². The SMILES string of the molecule is CCON(C)C(=O)N1CCC(=Cc2cc(C(C)(C)C)c(O)c(C(C)(C)C)c2)C1=O. The van der Waals surface area contributed by atoms with Crippen molar-refractivity contribution < 1.29 is 19.5 Å². The van der Waals surface area contributed by atoms with Crippen molar-refractivity contribution in [2.45, 2.75) is 65.7 Å². The van der Waals surface area contributed by atoms with Crippen molar-refractivity contribution in [2.75, 3.05) is 20.2 Å². The second kappa shape index (κ2) is 8.19. The second-order valence-corrected chi connectivity index (χ2v) is 9.54. The average Bonchev–Trinajstić information content (AvgIpc) is 2.94. The van der Waals surface area contributed by atoms with Gasteiger partial charge in [-0.3, -0.25) is 14.5 Å². The number of likely N-dealkylation sites (tertiary alicyclic amines) is 1. The van der Waals surface area contributed by atoms with Crippen LogP contribution in [0.15, 0.2) is 17.7 Å². The van der Waals surface area contributed by atoms with Gasteiger partial charge in [-0.2, -0.15) is 0 Å². The molecule has 1 fully saturated rings. The molecule has 0 aromatic heterocycles. The van der Waals surface area contributed by atoms with Gasteiger partial charge < -0.3 is 5.11 Å². The molecule has 0 aliphatic carbocycles. The van der Waals surface area contributed by atoms with Crippen LogP contribution in [-0.2, 0) is 20.5 Å². The first-order chi connectivity index (χ1) is 13.3. The summed E-state index contributed by atoms with van der Waals surface area (Å²) in [5, 5.41) is 12.0. The number of rotatable bonds is 3. The highest BCUT2D eigenvalue weighted by Crippen LogP contribution is 2.40. The lowest BCUT2D eigenvalue weighted by molar-refractivity contribution is -0.129. The van der Waals surface area contributed by atoms with Gasteiger partial charge in [0.2, 0.25) is 0 Å². The fourth-order valence-corrected chi connectivity index (χ4v) is 3.43. The Morgan fingerprint density at radius 2 is 1.69 bits per heavy atom. The molecule has 1 heterocycles. The van der Waals surface area contributed by atoms with Crippen LogP contribution in [0.2, 0.25) is 0 Å². The topological polar surface area (TPSA) is 70.1 Å². The number of hydrogen-bond donors (Lipinski definition) is 1. The third-order valence-electron chi connectivity index (χ3n) is 5.04. The highest BCUT2D eigenvalue weighted by molar-refractivity contribution is 6.08. The minimum absolute atomic E-state index is 0.250. The van der Waals surface area contributed by atoms with Crippen molar-refractivity contribution in [2.24, 2.45) is 0 Å². The van der Waals surface area contributed by atoms with Crippen LogP contribution >= 0.6 is 0 Å². The Morgan fingerprint density at radius 3 is 2.14 bits per heavy atom. The molecule has 2 rings (SSSR count). The maximum Gasteiger partial charge on any atom is 0.350 e. The minimum Gasteiger partial charge on any atom is -0.507 e. The fraction of sp³-hybridized carbons (Fsp3) is 0.565. The summed E-state index contributed by atoms with van der Waals surface area (Å²) in [4.78, 5) is 31.6. The number of urea groups is 1. The van der Waals surface area contributed by atoms with Gasteiger partial charge in [0.05, 0.1) is 6.61 Å². The molecule has 0 unspecified atom stereocenters. The summed E-state index contributed by atoms with van der Waals surface area (Å²) in [5.74, 6) is 0.00397. The van der Waals surface area contributed by atoms with Gasteiger partial charge >= 0.3 is 6.03 Å². The van der Waals surface area contributed by atoms with Crippen LogP contribution in [0.4, 0.5) is 4.79 Å². The number of benzene rings is 1. The van der Waals surface area contributed by atoms with Gasteiger partial charge in [0.1, 0.15) is 5.75 Å². The first kappa shape index (κ1) is 22.9. The Morgan fingerprint density at radius 1 is 1.17 bits per heavy atom. The van der Waals surface area contributed by atoms with Gasteiger partial charge in [0.15, 0.2) is 0 Å². The largest absolute Gasteiger partial charge is 0.507 e. The van der Waals surface area contributed by atoms with E-state index in [-0.39, 0.29) is 16.7 Å². The number of aromatic hydroxyl groups is 1. The summed E-state index contributed by atoms with van der Waals surface area (Å²) >= 11 is 0. The number of hydrogen-bond acceptors (Lipinski definition) is 4. The number of phenolic OH excluding ortho intramolecular Hbond substituents is 1. The smallest absolute Gasteiger partial charge is 0.350 e. The molecule has 6 heteroatoms. The normalized spacial score (nSPS) is 16.6. The first-order valence-electron chi connectivity index (χ1n) is 10.1. The van der Waals surface area contributed by atoms with Gasteiger partial charge in [0, 0.05) is 30.3 Å². The van der Waals surface area contributed by atoms with Crippen molar-refractivity contribution in [3.8, 4) is 5.75 Å². The molecule has 0 spiro atoms. The standard InChI is InChI=1S/C23H34N2O4/c1-9-29-24(8)21(28)25-11-10-16(20(25)27)12-15-13-17(22(2,3)4)19(26)18(14-15)23(5,6)7/h12-14,26H,9-11H2,1-8H3. The molecule has 1 N–H and O–H groups in total. The molecule has 1 aromatic carbocycles. The van der Waals surface area contributed by atoms with Crippen molar-refractivity contribution in [3.05, 3.63) is 34.4 Å². The second-order valence-electron chi connectivity index (χ2n) is 9.54. The van der Waals surface area contributed by atoms with Gasteiger partial charge in [-0.05, 0) is 47.9 Å². The van der Waals surface area contributed by atoms with E-state index in [1.807, 2.05) is 18.2 Å². The Hall–Kier alpha value is -2.34. The van der Waals surface area contributed by atoms with E-state index in [9.17, 15) is 14.7 Å². The van der Waals surface area contributed by atoms with E-state index in [4.69, 9.17) is 4.84 Å². The third kappa shape index (κ3) is 4.99. The molecule has 1 aliphatic heterocycles. The fourth-order valence-electron chi connectivity index (χ4n) is 3.43. The van der Waals surface area contributed by atoms with Crippen LogP contribution in [0.5, 0.6) is 5.75 Å². The van der Waals surface area contributed by atoms with Crippen LogP contribution in [0.25, 0.3) is 6.08 Å². The van der Waals surface area contributed by atoms with Gasteiger partial charge in [-0.1, -0.05) is 41.5 Å². The van der Waals surface area contributed by atoms with Crippen LogP contribution < -0.4 is 0 Å². The number of carbonyl (C=O) groups excluding carboxylic acids is 2. The molecule has 1 saturated heterocycles. The van der Waals surface area contributed by atoms with E-state index in [1.54, 1.807) is 6.92 Å². The zero-order chi connectivity index (χ0) is 22.1. The molecule has 29 heavy (non-hydrogen) atoms. The van der Waals surface area contributed by atoms with Crippen LogP contribution in [0.3, 0.4) is 0 Å². The molecule has 0 saturated carbocycles. The van der Waals surface area contributed by atoms with E-state index in [1.165, 1.54) is 11.9 Å². The molecule has 6 nitrogen and oxygen atoms in total. The predicted molar refractivity (Wildman–Crippen MR) is 115 cm³/mol. The summed E-state index contributed by atoms with van der Waals surface area (Å²) in [6.45, 7) is 14.8. The lowest BCUT2D eigenvalue weighted by Gasteiger charge is -2.28. The van der Waals surface area contributed by atoms with Crippen LogP contribution in [0, 0.1) is 0 Å². The van der Waals surface area contributed by atoms with Crippen LogP contribution in [0.1, 0.15) is 71.6 Å². The Kier molecular flexibility index (Phi) is 6.48. The summed E-state index contributed by atoms with van der Waals surface area (Å²) in [7, 11) is 1.51. The Bertz CT molecular complexity index is 793. The maximum atomic E-state index is 12.8. The molecule has 160 valence electrons. The van der Waals surface area contributed by atoms with E-state index < -0.39 is 6.03 Å². The zero-order valence-electron chi connectivity index (χ0n) is 18.9. The molecule has 3 amide bonds. The van der Waals surface area contributed by atoms with Gasteiger partial charge in [0.25, 0.3) is 5.91 Å². The molecule has 0 radical (unpaired) electrons. The number of hydroxylamine groups is 2. The molecule has 1 aliphatic rings. The number of carbonyl (C=O) groups is 2. The summed E-state index contributed by atoms with van der Waals surface area (Å²) in [5.41, 5.74) is 2.61. The minimum atomic E-state index is -0.461. The lowest BCUT2D eigenvalue weighted by atomic mass is 9.78. The van der Waals surface area contributed by atoms with E-state index in [0.29, 0.717) is 30.9 Å². The summed E-state index contributed by atoms with van der Waals surface area (Å²) in [6.07, 6.45) is 2.32. The monoisotopic (exact) mass is 402 g/mol. The summed E-state index contributed by atoms with van der Waals surface area (Å²) < 4.78 is 0. The van der Waals surface area contributed by atoms with E-state index >= 15 is 0 Å². The Labute approximate surface area is 174 Å². The number of amides is 3. The third-order valence-corrected chi connectivity index (χ3v) is 5.04. The predicted octanol–water partition coefficient (Wildman–Crippen LogP) is 4.61. The van der Waals surface area contributed by atoms with Gasteiger partial charge in [-0.25, -0.2) is 9.86 Å². The number of nitrogens with zero attached hydrogens (tertiary/aromatic N) is 2. The molecular weight excluding hydrogens is 368 g/mol. The van der Waals surface area contributed by atoms with Gasteiger partial charge in [-0.15, -0.1) is 0 Å². The lowest BCUT2D eigenvalue weighted by Crippen LogP contribution is -2.41. The van der Waals surface area contributed by atoms with Crippen molar-refractivity contribution in [1.82, 2.24) is 9.96 Å². The highest BCUT2D eigenvalue weighted by Gasteiger charge is 2.33. The zero-order valence-corrected chi connectivity index (χ0v) is 18.9. The van der Waals surface area contributed by atoms with E-state index in [2.05, 4.69) is 41.5 Å². The number of imide groups is 1. The number of phenols is 1. The molecule has 0 bridgehead atoms. The average molecular weight is 403 g/mol. The Balaban J connectivity index is 2.44. The molecular formula is C23H34N2O4. The first-order valence-corrected chi connectivity index (χ1v) is 10.1.